The SMILES string of the molecule is O=S1(=O)CCC(O)(c2ccc(Cl)cc2F)C1. The molecule has 0 radical (unpaired) electrons. The van der Waals surface area contributed by atoms with Crippen molar-refractivity contribution < 1.29 is 17.9 Å². The summed E-state index contributed by atoms with van der Waals surface area (Å²) in [4.78, 5) is 0. The van der Waals surface area contributed by atoms with Gasteiger partial charge in [0.15, 0.2) is 9.84 Å². The van der Waals surface area contributed by atoms with Crippen LogP contribution in [0.15, 0.2) is 18.2 Å². The highest BCUT2D eigenvalue weighted by molar-refractivity contribution is 7.91. The second kappa shape index (κ2) is 3.68. The first-order valence-corrected chi connectivity index (χ1v) is 6.91. The molecule has 0 bridgehead atoms. The molecule has 1 atom stereocenters. The van der Waals surface area contributed by atoms with Crippen LogP contribution >= 0.6 is 11.6 Å². The van der Waals surface area contributed by atoms with Crippen molar-refractivity contribution in [3.05, 3.63) is 34.6 Å². The van der Waals surface area contributed by atoms with Gasteiger partial charge in [0.1, 0.15) is 11.4 Å². The van der Waals surface area contributed by atoms with E-state index in [2.05, 4.69) is 0 Å². The van der Waals surface area contributed by atoms with E-state index < -0.39 is 27.0 Å². The predicted molar refractivity (Wildman–Crippen MR) is 58.6 cm³/mol. The molecule has 1 aliphatic heterocycles. The number of halogens is 2. The van der Waals surface area contributed by atoms with Gasteiger partial charge in [0.2, 0.25) is 0 Å². The van der Waals surface area contributed by atoms with Crippen molar-refractivity contribution in [2.24, 2.45) is 0 Å². The third kappa shape index (κ3) is 2.07. The van der Waals surface area contributed by atoms with Crippen molar-refractivity contribution in [1.29, 1.82) is 0 Å². The second-order valence-electron chi connectivity index (χ2n) is 4.00. The summed E-state index contributed by atoms with van der Waals surface area (Å²) in [7, 11) is -3.28. The van der Waals surface area contributed by atoms with Crippen LogP contribution in [0.3, 0.4) is 0 Å². The summed E-state index contributed by atoms with van der Waals surface area (Å²) in [5, 5.41) is 10.3. The van der Waals surface area contributed by atoms with E-state index in [0.717, 1.165) is 6.07 Å². The summed E-state index contributed by atoms with van der Waals surface area (Å²) in [6, 6.07) is 3.83. The fourth-order valence-corrected chi connectivity index (χ4v) is 3.89. The lowest BCUT2D eigenvalue weighted by atomic mass is 9.93. The molecule has 1 N–H and O–H groups in total. The molecular weight excluding hydrogens is 255 g/mol. The molecule has 1 aromatic carbocycles. The summed E-state index contributed by atoms with van der Waals surface area (Å²) >= 11 is 5.59. The summed E-state index contributed by atoms with van der Waals surface area (Å²) in [6.45, 7) is 0. The molecule has 3 nitrogen and oxygen atoms in total. The highest BCUT2D eigenvalue weighted by Crippen LogP contribution is 2.35. The lowest BCUT2D eigenvalue weighted by molar-refractivity contribution is 0.0614. The quantitative estimate of drug-likeness (QED) is 0.836. The zero-order chi connectivity index (χ0) is 12.0. The molecule has 0 amide bonds. The zero-order valence-corrected chi connectivity index (χ0v) is 9.85. The maximum atomic E-state index is 13.6. The van der Waals surface area contributed by atoms with E-state index in [1.54, 1.807) is 0 Å². The van der Waals surface area contributed by atoms with Crippen LogP contribution in [0, 0.1) is 5.82 Å². The monoisotopic (exact) mass is 264 g/mol. The first kappa shape index (κ1) is 11.8. The van der Waals surface area contributed by atoms with E-state index in [0.29, 0.717) is 0 Å². The van der Waals surface area contributed by atoms with E-state index in [4.69, 9.17) is 11.6 Å². The Bertz CT molecular complexity index is 529. The first-order chi connectivity index (χ1) is 7.32. The Kier molecular flexibility index (Phi) is 2.72. The standard InChI is InChI=1S/C10H10ClFO3S/c11-7-1-2-8(9(12)5-7)10(13)3-4-16(14,15)6-10/h1-2,5,13H,3-4,6H2. The molecule has 0 spiro atoms. The van der Waals surface area contributed by atoms with Gasteiger partial charge in [-0.05, 0) is 18.6 Å². The summed E-state index contributed by atoms with van der Waals surface area (Å²) in [5.74, 6) is -1.23. The topological polar surface area (TPSA) is 54.4 Å². The van der Waals surface area contributed by atoms with Crippen LogP contribution in [0.2, 0.25) is 5.02 Å². The molecule has 1 aliphatic rings. The van der Waals surface area contributed by atoms with Gasteiger partial charge < -0.3 is 5.11 Å². The molecule has 1 aromatic rings. The molecule has 88 valence electrons. The minimum absolute atomic E-state index is 0.00187. The Hall–Kier alpha value is -0.650. The minimum atomic E-state index is -3.28. The summed E-state index contributed by atoms with van der Waals surface area (Å²) in [6.07, 6.45) is 0.0217. The smallest absolute Gasteiger partial charge is 0.153 e. The number of rotatable bonds is 1. The van der Waals surface area contributed by atoms with Gasteiger partial charge in [-0.1, -0.05) is 17.7 Å². The summed E-state index contributed by atoms with van der Waals surface area (Å²) < 4.78 is 36.1. The largest absolute Gasteiger partial charge is 0.384 e. The Labute approximate surface area is 97.8 Å². The number of aliphatic hydroxyl groups is 1. The van der Waals surface area contributed by atoms with Gasteiger partial charge in [-0.3, -0.25) is 0 Å². The van der Waals surface area contributed by atoms with Crippen LogP contribution in [-0.2, 0) is 15.4 Å². The van der Waals surface area contributed by atoms with Crippen LogP contribution < -0.4 is 0 Å². The molecule has 2 rings (SSSR count). The van der Waals surface area contributed by atoms with E-state index in [-0.39, 0.29) is 22.8 Å². The van der Waals surface area contributed by atoms with Crippen molar-refractivity contribution in [2.45, 2.75) is 12.0 Å². The van der Waals surface area contributed by atoms with Crippen molar-refractivity contribution in [3.8, 4) is 0 Å². The predicted octanol–water partition coefficient (Wildman–Crippen LogP) is 1.49. The molecule has 1 unspecified atom stereocenters. The van der Waals surface area contributed by atoms with E-state index in [1.165, 1.54) is 12.1 Å². The summed E-state index contributed by atoms with van der Waals surface area (Å²) in [5.41, 5.74) is -1.62. The van der Waals surface area contributed by atoms with Gasteiger partial charge in [-0.25, -0.2) is 12.8 Å². The molecule has 0 aliphatic carbocycles. The van der Waals surface area contributed by atoms with Crippen molar-refractivity contribution in [1.82, 2.24) is 0 Å². The molecular formula is C10H10ClFO3S. The lowest BCUT2D eigenvalue weighted by Crippen LogP contribution is -2.28. The van der Waals surface area contributed by atoms with Crippen molar-refractivity contribution >= 4 is 21.4 Å². The second-order valence-corrected chi connectivity index (χ2v) is 6.62. The average molecular weight is 265 g/mol. The van der Waals surface area contributed by atoms with Crippen LogP contribution in [0.5, 0.6) is 0 Å². The van der Waals surface area contributed by atoms with Crippen LogP contribution in [0.4, 0.5) is 4.39 Å². The van der Waals surface area contributed by atoms with Gasteiger partial charge in [0, 0.05) is 10.6 Å². The number of benzene rings is 1. The molecule has 1 heterocycles. The highest BCUT2D eigenvalue weighted by atomic mass is 35.5. The Balaban J connectivity index is 2.45. The maximum absolute atomic E-state index is 13.6. The number of hydrogen-bond acceptors (Lipinski definition) is 3. The fourth-order valence-electron chi connectivity index (χ4n) is 1.91. The van der Waals surface area contributed by atoms with Crippen molar-refractivity contribution in [3.63, 3.8) is 0 Å². The first-order valence-electron chi connectivity index (χ1n) is 4.71. The molecule has 1 saturated heterocycles. The maximum Gasteiger partial charge on any atom is 0.153 e. The third-order valence-corrected chi connectivity index (χ3v) is 4.70. The number of hydrogen-bond donors (Lipinski definition) is 1. The Morgan fingerprint density at radius 1 is 1.44 bits per heavy atom. The van der Waals surface area contributed by atoms with Gasteiger partial charge in [-0.15, -0.1) is 0 Å². The lowest BCUT2D eigenvalue weighted by Gasteiger charge is -2.21. The van der Waals surface area contributed by atoms with Gasteiger partial charge in [0.25, 0.3) is 0 Å². The van der Waals surface area contributed by atoms with Crippen LogP contribution in [-0.4, -0.2) is 25.0 Å². The van der Waals surface area contributed by atoms with Gasteiger partial charge >= 0.3 is 0 Å². The Morgan fingerprint density at radius 3 is 2.62 bits per heavy atom. The van der Waals surface area contributed by atoms with E-state index >= 15 is 0 Å². The number of sulfone groups is 1. The van der Waals surface area contributed by atoms with Gasteiger partial charge in [0.05, 0.1) is 11.5 Å². The van der Waals surface area contributed by atoms with E-state index in [9.17, 15) is 17.9 Å². The highest BCUT2D eigenvalue weighted by Gasteiger charge is 2.43. The zero-order valence-electron chi connectivity index (χ0n) is 8.28. The average Bonchev–Trinajstić information content (AvgIpc) is 2.41. The molecule has 1 fully saturated rings. The normalized spacial score (nSPS) is 28.2. The van der Waals surface area contributed by atoms with Crippen LogP contribution in [0.25, 0.3) is 0 Å². The van der Waals surface area contributed by atoms with Crippen LogP contribution in [0.1, 0.15) is 12.0 Å². The van der Waals surface area contributed by atoms with Gasteiger partial charge in [-0.2, -0.15) is 0 Å². The molecule has 0 aromatic heterocycles. The fraction of sp³-hybridized carbons (Fsp3) is 0.400. The Morgan fingerprint density at radius 2 is 2.12 bits per heavy atom. The molecule has 6 heteroatoms. The molecule has 16 heavy (non-hydrogen) atoms. The van der Waals surface area contributed by atoms with Crippen molar-refractivity contribution in [2.75, 3.05) is 11.5 Å². The van der Waals surface area contributed by atoms with E-state index in [1.807, 2.05) is 0 Å². The third-order valence-electron chi connectivity index (χ3n) is 2.72. The molecule has 0 saturated carbocycles. The minimum Gasteiger partial charge on any atom is -0.384 e.